The van der Waals surface area contributed by atoms with E-state index in [9.17, 15) is 9.90 Å². The van der Waals surface area contributed by atoms with Gasteiger partial charge >= 0.3 is 5.97 Å². The Hall–Kier alpha value is -0.650. The highest BCUT2D eigenvalue weighted by Gasteiger charge is 2.43. The first-order valence-corrected chi connectivity index (χ1v) is 11.9. The van der Waals surface area contributed by atoms with Gasteiger partial charge in [0, 0.05) is 6.42 Å². The maximum absolute atomic E-state index is 11.3. The molecule has 0 aliphatic carbocycles. The molecule has 3 heterocycles. The second-order valence-corrected chi connectivity index (χ2v) is 8.98. The van der Waals surface area contributed by atoms with Gasteiger partial charge in [-0.15, -0.1) is 0 Å². The van der Waals surface area contributed by atoms with E-state index in [4.69, 9.17) is 14.2 Å². The molecule has 0 amide bonds. The van der Waals surface area contributed by atoms with Crippen LogP contribution in [0.15, 0.2) is 0 Å². The summed E-state index contributed by atoms with van der Waals surface area (Å²) in [6.07, 6.45) is 16.0. The lowest BCUT2D eigenvalue weighted by Gasteiger charge is -2.24. The third kappa shape index (κ3) is 6.43. The smallest absolute Gasteiger partial charge is 0.306 e. The highest BCUT2D eigenvalue weighted by Crippen LogP contribution is 2.36. The summed E-state index contributed by atoms with van der Waals surface area (Å²) in [6.45, 7) is 2.25. The van der Waals surface area contributed by atoms with Gasteiger partial charge in [0.05, 0.1) is 30.5 Å². The molecule has 0 radical (unpaired) electrons. The van der Waals surface area contributed by atoms with E-state index in [1.807, 2.05) is 0 Å². The Morgan fingerprint density at radius 3 is 2.11 bits per heavy atom. The fourth-order valence-electron chi connectivity index (χ4n) is 4.96. The zero-order valence-corrected chi connectivity index (χ0v) is 17.7. The van der Waals surface area contributed by atoms with E-state index >= 15 is 0 Å². The number of cyclic esters (lactones) is 1. The highest BCUT2D eigenvalue weighted by molar-refractivity contribution is 5.71. The number of aliphatic hydroxyl groups is 1. The lowest BCUT2D eigenvalue weighted by Crippen LogP contribution is -2.33. The molecule has 5 nitrogen and oxygen atoms in total. The fraction of sp³-hybridized carbons (Fsp3) is 0.957. The number of carbonyl (C=O) groups excluding carboxylic acids is 1. The van der Waals surface area contributed by atoms with Crippen molar-refractivity contribution in [3.63, 3.8) is 0 Å². The summed E-state index contributed by atoms with van der Waals surface area (Å²) in [5.74, 6) is -0.0988. The monoisotopic (exact) mass is 396 g/mol. The van der Waals surface area contributed by atoms with Crippen LogP contribution in [-0.4, -0.2) is 47.7 Å². The van der Waals surface area contributed by atoms with E-state index in [1.54, 1.807) is 0 Å². The molecule has 28 heavy (non-hydrogen) atoms. The zero-order valence-electron chi connectivity index (χ0n) is 17.7. The second kappa shape index (κ2) is 11.5. The van der Waals surface area contributed by atoms with Crippen LogP contribution in [0.5, 0.6) is 0 Å². The number of rotatable bonds is 12. The summed E-state index contributed by atoms with van der Waals surface area (Å²) in [4.78, 5) is 11.3. The number of hydrogen-bond acceptors (Lipinski definition) is 5. The number of unbranched alkanes of at least 4 members (excludes halogenated alkanes) is 7. The quantitative estimate of drug-likeness (QED) is 0.383. The zero-order chi connectivity index (χ0) is 19.8. The number of ether oxygens (including phenoxy) is 3. The van der Waals surface area contributed by atoms with Crippen molar-refractivity contribution in [1.82, 2.24) is 0 Å². The molecule has 1 N–H and O–H groups in total. The SMILES string of the molecule is CCCCCCCCCC[C@H](O)[C@H]1CC[C@@H]([C@H]2CC[C@H]([C@H]3CCC(=O)O3)O2)O1. The molecule has 0 aromatic heterocycles. The third-order valence-corrected chi connectivity index (χ3v) is 6.70. The molecule has 3 saturated heterocycles. The summed E-state index contributed by atoms with van der Waals surface area (Å²) < 4.78 is 17.7. The average molecular weight is 397 g/mol. The Balaban J connectivity index is 1.27. The number of hydrogen-bond donors (Lipinski definition) is 1. The molecule has 5 heteroatoms. The van der Waals surface area contributed by atoms with Crippen molar-refractivity contribution in [2.45, 2.75) is 140 Å². The Bertz CT molecular complexity index is 468. The van der Waals surface area contributed by atoms with E-state index in [-0.39, 0.29) is 42.6 Å². The molecule has 0 saturated carbocycles. The Labute approximate surface area is 170 Å². The lowest BCUT2D eigenvalue weighted by molar-refractivity contribution is -0.149. The van der Waals surface area contributed by atoms with Crippen molar-refractivity contribution in [3.8, 4) is 0 Å². The van der Waals surface area contributed by atoms with Gasteiger partial charge in [0.25, 0.3) is 0 Å². The molecule has 0 aromatic carbocycles. The van der Waals surface area contributed by atoms with Crippen LogP contribution in [0.2, 0.25) is 0 Å². The van der Waals surface area contributed by atoms with Gasteiger partial charge in [-0.05, 0) is 38.5 Å². The summed E-state index contributed by atoms with van der Waals surface area (Å²) in [5.41, 5.74) is 0. The largest absolute Gasteiger partial charge is 0.460 e. The van der Waals surface area contributed by atoms with Gasteiger partial charge in [-0.3, -0.25) is 4.79 Å². The van der Waals surface area contributed by atoms with Gasteiger partial charge in [0.2, 0.25) is 0 Å². The Morgan fingerprint density at radius 2 is 1.43 bits per heavy atom. The first-order chi connectivity index (χ1) is 13.7. The molecular weight excluding hydrogens is 356 g/mol. The molecule has 3 aliphatic heterocycles. The van der Waals surface area contributed by atoms with Crippen molar-refractivity contribution in [2.24, 2.45) is 0 Å². The topological polar surface area (TPSA) is 65.0 Å². The second-order valence-electron chi connectivity index (χ2n) is 8.98. The van der Waals surface area contributed by atoms with E-state index < -0.39 is 0 Å². The minimum atomic E-state index is -0.349. The summed E-state index contributed by atoms with van der Waals surface area (Å²) >= 11 is 0. The molecule has 0 bridgehead atoms. The van der Waals surface area contributed by atoms with E-state index in [1.165, 1.54) is 44.9 Å². The Morgan fingerprint density at radius 1 is 0.821 bits per heavy atom. The number of esters is 1. The summed E-state index contributed by atoms with van der Waals surface area (Å²) in [7, 11) is 0. The van der Waals surface area contributed by atoms with Crippen LogP contribution in [0.1, 0.15) is 103 Å². The van der Waals surface area contributed by atoms with Gasteiger partial charge in [0.1, 0.15) is 6.10 Å². The van der Waals surface area contributed by atoms with Crippen LogP contribution in [-0.2, 0) is 19.0 Å². The van der Waals surface area contributed by atoms with Crippen LogP contribution in [0, 0.1) is 0 Å². The minimum Gasteiger partial charge on any atom is -0.460 e. The first kappa shape index (κ1) is 22.0. The van der Waals surface area contributed by atoms with Gasteiger partial charge in [-0.2, -0.15) is 0 Å². The van der Waals surface area contributed by atoms with Crippen molar-refractivity contribution < 1.29 is 24.1 Å². The molecule has 162 valence electrons. The van der Waals surface area contributed by atoms with Gasteiger partial charge in [0.15, 0.2) is 0 Å². The van der Waals surface area contributed by atoms with Gasteiger partial charge in [-0.1, -0.05) is 58.3 Å². The Kier molecular flexibility index (Phi) is 9.06. The molecule has 0 unspecified atom stereocenters. The molecule has 3 aliphatic rings. The molecule has 3 fully saturated rings. The molecule has 0 spiro atoms. The normalized spacial score (nSPS) is 34.1. The lowest BCUT2D eigenvalue weighted by atomic mass is 10.0. The van der Waals surface area contributed by atoms with Crippen LogP contribution in [0.25, 0.3) is 0 Å². The minimum absolute atomic E-state index is 0.0290. The van der Waals surface area contributed by atoms with Gasteiger partial charge in [-0.25, -0.2) is 0 Å². The van der Waals surface area contributed by atoms with Crippen LogP contribution in [0.3, 0.4) is 0 Å². The number of aliphatic hydroxyl groups excluding tert-OH is 1. The average Bonchev–Trinajstić information content (AvgIpc) is 3.43. The van der Waals surface area contributed by atoms with Crippen molar-refractivity contribution >= 4 is 5.97 Å². The van der Waals surface area contributed by atoms with Crippen LogP contribution < -0.4 is 0 Å². The maximum atomic E-state index is 11.3. The fourth-order valence-corrected chi connectivity index (χ4v) is 4.96. The van der Waals surface area contributed by atoms with Crippen molar-refractivity contribution in [2.75, 3.05) is 0 Å². The summed E-state index contributed by atoms with van der Waals surface area (Å²) in [5, 5.41) is 10.5. The highest BCUT2D eigenvalue weighted by atomic mass is 16.6. The maximum Gasteiger partial charge on any atom is 0.306 e. The number of carbonyl (C=O) groups is 1. The first-order valence-electron chi connectivity index (χ1n) is 11.9. The molecule has 6 atom stereocenters. The third-order valence-electron chi connectivity index (χ3n) is 6.70. The van der Waals surface area contributed by atoms with E-state index in [0.29, 0.717) is 6.42 Å². The summed E-state index contributed by atoms with van der Waals surface area (Å²) in [6, 6.07) is 0. The molecular formula is C23H40O5. The van der Waals surface area contributed by atoms with Crippen LogP contribution >= 0.6 is 0 Å². The van der Waals surface area contributed by atoms with Crippen molar-refractivity contribution in [3.05, 3.63) is 0 Å². The van der Waals surface area contributed by atoms with E-state index in [0.717, 1.165) is 44.9 Å². The molecule has 0 aromatic rings. The predicted molar refractivity (Wildman–Crippen MR) is 108 cm³/mol. The molecule has 3 rings (SSSR count). The van der Waals surface area contributed by atoms with Crippen LogP contribution in [0.4, 0.5) is 0 Å². The van der Waals surface area contributed by atoms with Crippen molar-refractivity contribution in [1.29, 1.82) is 0 Å². The predicted octanol–water partition coefficient (Wildman–Crippen LogP) is 4.68. The van der Waals surface area contributed by atoms with Gasteiger partial charge < -0.3 is 19.3 Å². The van der Waals surface area contributed by atoms with E-state index in [2.05, 4.69) is 6.92 Å². The standard InChI is InChI=1S/C23H40O5/c1-2-3-4-5-6-7-8-9-10-17(24)18-11-12-19(26-18)20-13-14-21(27-20)22-15-16-23(25)28-22/h17-22,24H,2-16H2,1H3/t17-,18+,19-,20+,21+,22+/m0/s1.